The number of piperidine rings is 1. The molecule has 5 heteroatoms. The van der Waals surface area contributed by atoms with Crippen molar-refractivity contribution in [2.45, 2.75) is 39.7 Å². The van der Waals surface area contributed by atoms with E-state index in [-0.39, 0.29) is 17.4 Å². The van der Waals surface area contributed by atoms with Gasteiger partial charge in [-0.05, 0) is 25.0 Å². The highest BCUT2D eigenvalue weighted by Crippen LogP contribution is 2.27. The highest BCUT2D eigenvalue weighted by Gasteiger charge is 2.32. The molecule has 0 radical (unpaired) electrons. The summed E-state index contributed by atoms with van der Waals surface area (Å²) in [5.41, 5.74) is 1.83. The minimum absolute atomic E-state index is 0.208. The summed E-state index contributed by atoms with van der Waals surface area (Å²) in [5, 5.41) is 0. The van der Waals surface area contributed by atoms with Gasteiger partial charge >= 0.3 is 0 Å². The second kappa shape index (κ2) is 6.11. The monoisotopic (exact) mass is 328 g/mol. The predicted molar refractivity (Wildman–Crippen MR) is 98.2 cm³/mol. The van der Waals surface area contributed by atoms with Crippen LogP contribution < -0.4 is 4.90 Å². The van der Waals surface area contributed by atoms with E-state index in [1.165, 1.54) is 0 Å². The zero-order valence-electron chi connectivity index (χ0n) is 15.4. The van der Waals surface area contributed by atoms with Gasteiger partial charge in [0.05, 0.1) is 11.0 Å². The van der Waals surface area contributed by atoms with Crippen molar-refractivity contribution in [1.29, 1.82) is 0 Å². The van der Waals surface area contributed by atoms with Crippen molar-refractivity contribution in [2.24, 2.45) is 12.5 Å². The molecular formula is C19H28N4O. The third-order valence-corrected chi connectivity index (χ3v) is 4.95. The maximum absolute atomic E-state index is 12.6. The van der Waals surface area contributed by atoms with Crippen LogP contribution in [0.2, 0.25) is 0 Å². The van der Waals surface area contributed by atoms with Gasteiger partial charge in [-0.2, -0.15) is 0 Å². The Bertz CT molecular complexity index is 743. The largest absolute Gasteiger partial charge is 0.341 e. The predicted octanol–water partition coefficient (Wildman–Crippen LogP) is 3.05. The molecule has 1 saturated heterocycles. The van der Waals surface area contributed by atoms with Gasteiger partial charge < -0.3 is 14.4 Å². The smallest absolute Gasteiger partial charge is 0.227 e. The second-order valence-electron chi connectivity index (χ2n) is 7.87. The molecule has 5 nitrogen and oxygen atoms in total. The van der Waals surface area contributed by atoms with Gasteiger partial charge in [-0.25, -0.2) is 4.98 Å². The molecule has 0 bridgehead atoms. The number of anilines is 1. The zero-order valence-corrected chi connectivity index (χ0v) is 15.4. The van der Waals surface area contributed by atoms with E-state index in [2.05, 4.69) is 28.6 Å². The highest BCUT2D eigenvalue weighted by molar-refractivity contribution is 5.82. The minimum Gasteiger partial charge on any atom is -0.341 e. The SMILES string of the molecule is CN(C(=O)C(C)(C)C)C1CCCN(c2nc3ccccc3n2C)C1. The Labute approximate surface area is 144 Å². The lowest BCUT2D eigenvalue weighted by Gasteiger charge is -2.40. The number of para-hydroxylation sites is 2. The molecule has 1 fully saturated rings. The Balaban J connectivity index is 1.82. The highest BCUT2D eigenvalue weighted by atomic mass is 16.2. The number of carbonyl (C=O) groups is 1. The number of rotatable bonds is 2. The Morgan fingerprint density at radius 3 is 2.67 bits per heavy atom. The summed E-state index contributed by atoms with van der Waals surface area (Å²) >= 11 is 0. The number of fused-ring (bicyclic) bond motifs is 1. The molecule has 0 N–H and O–H groups in total. The fourth-order valence-electron chi connectivity index (χ4n) is 3.56. The van der Waals surface area contributed by atoms with Crippen LogP contribution in [0.4, 0.5) is 5.95 Å². The van der Waals surface area contributed by atoms with Crippen LogP contribution in [0.1, 0.15) is 33.6 Å². The number of hydrogen-bond acceptors (Lipinski definition) is 3. The van der Waals surface area contributed by atoms with E-state index in [1.807, 2.05) is 44.9 Å². The average molecular weight is 328 g/mol. The first-order chi connectivity index (χ1) is 11.3. The average Bonchev–Trinajstić information content (AvgIpc) is 2.90. The van der Waals surface area contributed by atoms with E-state index in [0.717, 1.165) is 42.9 Å². The summed E-state index contributed by atoms with van der Waals surface area (Å²) in [6, 6.07) is 8.46. The maximum atomic E-state index is 12.6. The van der Waals surface area contributed by atoms with Crippen LogP contribution >= 0.6 is 0 Å². The van der Waals surface area contributed by atoms with E-state index >= 15 is 0 Å². The van der Waals surface area contributed by atoms with E-state index in [0.29, 0.717) is 0 Å². The summed E-state index contributed by atoms with van der Waals surface area (Å²) in [6.07, 6.45) is 2.13. The van der Waals surface area contributed by atoms with E-state index < -0.39 is 0 Å². The van der Waals surface area contributed by atoms with E-state index in [9.17, 15) is 4.79 Å². The van der Waals surface area contributed by atoms with Crippen LogP contribution in [-0.2, 0) is 11.8 Å². The number of amides is 1. The van der Waals surface area contributed by atoms with Crippen LogP contribution in [0, 0.1) is 5.41 Å². The summed E-state index contributed by atoms with van der Waals surface area (Å²) in [7, 11) is 4.01. The third-order valence-electron chi connectivity index (χ3n) is 4.95. The molecule has 0 saturated carbocycles. The molecule has 2 aromatic rings. The maximum Gasteiger partial charge on any atom is 0.227 e. The molecular weight excluding hydrogens is 300 g/mol. The van der Waals surface area contributed by atoms with Gasteiger partial charge in [0, 0.05) is 38.6 Å². The molecule has 130 valence electrons. The Morgan fingerprint density at radius 2 is 2.00 bits per heavy atom. The lowest BCUT2D eigenvalue weighted by atomic mass is 9.93. The zero-order chi connectivity index (χ0) is 17.5. The molecule has 0 spiro atoms. The van der Waals surface area contributed by atoms with Gasteiger partial charge in [0.2, 0.25) is 11.9 Å². The fourth-order valence-corrected chi connectivity index (χ4v) is 3.56. The van der Waals surface area contributed by atoms with Gasteiger partial charge in [-0.3, -0.25) is 4.79 Å². The molecule has 1 atom stereocenters. The van der Waals surface area contributed by atoms with Crippen molar-refractivity contribution in [2.75, 3.05) is 25.0 Å². The standard InChI is InChI=1S/C19H28N4O/c1-19(2,3)17(24)21(4)14-9-8-12-23(13-14)18-20-15-10-6-7-11-16(15)22(18)5/h6-7,10-11,14H,8-9,12-13H2,1-5H3. The van der Waals surface area contributed by atoms with Crippen LogP contribution in [0.25, 0.3) is 11.0 Å². The van der Waals surface area contributed by atoms with Crippen LogP contribution in [0.3, 0.4) is 0 Å². The molecule has 24 heavy (non-hydrogen) atoms. The lowest BCUT2D eigenvalue weighted by molar-refractivity contribution is -0.140. The number of benzene rings is 1. The topological polar surface area (TPSA) is 41.4 Å². The first-order valence-electron chi connectivity index (χ1n) is 8.72. The first kappa shape index (κ1) is 16.8. The number of likely N-dealkylation sites (N-methyl/N-ethyl adjacent to an activating group) is 1. The molecule has 1 unspecified atom stereocenters. The van der Waals surface area contributed by atoms with Gasteiger partial charge in [0.15, 0.2) is 0 Å². The van der Waals surface area contributed by atoms with Crippen molar-refractivity contribution < 1.29 is 4.79 Å². The molecule has 1 aromatic heterocycles. The first-order valence-corrected chi connectivity index (χ1v) is 8.72. The molecule has 1 aliphatic rings. The van der Waals surface area contributed by atoms with Gasteiger partial charge in [0.25, 0.3) is 0 Å². The van der Waals surface area contributed by atoms with Crippen molar-refractivity contribution in [3.05, 3.63) is 24.3 Å². The number of aryl methyl sites for hydroxylation is 1. The van der Waals surface area contributed by atoms with Crippen molar-refractivity contribution in [3.63, 3.8) is 0 Å². The molecule has 3 rings (SSSR count). The van der Waals surface area contributed by atoms with Gasteiger partial charge in [-0.15, -0.1) is 0 Å². The van der Waals surface area contributed by atoms with Crippen LogP contribution in [0.15, 0.2) is 24.3 Å². The number of aromatic nitrogens is 2. The van der Waals surface area contributed by atoms with Gasteiger partial charge in [0.1, 0.15) is 0 Å². The Hall–Kier alpha value is -2.04. The summed E-state index contributed by atoms with van der Waals surface area (Å²) in [4.78, 5) is 21.7. The number of nitrogens with zero attached hydrogens (tertiary/aromatic N) is 4. The number of hydrogen-bond donors (Lipinski definition) is 0. The van der Waals surface area contributed by atoms with Crippen molar-refractivity contribution in [3.8, 4) is 0 Å². The van der Waals surface area contributed by atoms with E-state index in [4.69, 9.17) is 4.98 Å². The summed E-state index contributed by atoms with van der Waals surface area (Å²) in [5.74, 6) is 1.21. The molecule has 2 heterocycles. The van der Waals surface area contributed by atoms with Crippen LogP contribution in [-0.4, -0.2) is 46.5 Å². The van der Waals surface area contributed by atoms with Crippen LogP contribution in [0.5, 0.6) is 0 Å². The van der Waals surface area contributed by atoms with Gasteiger partial charge in [-0.1, -0.05) is 32.9 Å². The molecule has 1 aliphatic heterocycles. The molecule has 1 aromatic carbocycles. The summed E-state index contributed by atoms with van der Waals surface area (Å²) in [6.45, 7) is 7.79. The number of imidazole rings is 1. The minimum atomic E-state index is -0.338. The van der Waals surface area contributed by atoms with Crippen molar-refractivity contribution in [1.82, 2.24) is 14.5 Å². The lowest BCUT2D eigenvalue weighted by Crippen LogP contribution is -2.51. The Kier molecular flexibility index (Phi) is 4.28. The normalized spacial score (nSPS) is 18.9. The Morgan fingerprint density at radius 1 is 1.29 bits per heavy atom. The quantitative estimate of drug-likeness (QED) is 0.851. The fraction of sp³-hybridized carbons (Fsp3) is 0.579. The van der Waals surface area contributed by atoms with E-state index in [1.54, 1.807) is 0 Å². The second-order valence-corrected chi connectivity index (χ2v) is 7.87. The van der Waals surface area contributed by atoms with Crippen molar-refractivity contribution >= 4 is 22.9 Å². The molecule has 1 amide bonds. The molecule has 0 aliphatic carbocycles. The summed E-state index contributed by atoms with van der Waals surface area (Å²) < 4.78 is 2.16. The number of carbonyl (C=O) groups excluding carboxylic acids is 1. The third kappa shape index (κ3) is 2.99.